The van der Waals surface area contributed by atoms with Crippen molar-refractivity contribution in [2.75, 3.05) is 0 Å². The number of carboxylic acids is 1. The molecule has 0 aromatic heterocycles. The van der Waals surface area contributed by atoms with Crippen LogP contribution in [0.3, 0.4) is 0 Å². The molecule has 2 aliphatic rings. The summed E-state index contributed by atoms with van der Waals surface area (Å²) in [6.45, 7) is 1.62. The van der Waals surface area contributed by atoms with Gasteiger partial charge in [0.15, 0.2) is 0 Å². The van der Waals surface area contributed by atoms with Crippen LogP contribution in [0.4, 0.5) is 0 Å². The molecule has 0 radical (unpaired) electrons. The Bertz CT molecular complexity index is 296. The van der Waals surface area contributed by atoms with Crippen LogP contribution in [0, 0.1) is 11.8 Å². The normalized spacial score (nSPS) is 31.9. The largest absolute Gasteiger partial charge is 1.00 e. The fourth-order valence-corrected chi connectivity index (χ4v) is 2.93. The molecule has 1 heterocycles. The monoisotopic (exact) mass is 234 g/mol. The van der Waals surface area contributed by atoms with Gasteiger partial charge in [-0.05, 0) is 25.7 Å². The van der Waals surface area contributed by atoms with Crippen molar-refractivity contribution in [2.24, 2.45) is 11.8 Å². The number of hydrogen-bond acceptors (Lipinski definition) is 4. The van der Waals surface area contributed by atoms with Crippen LogP contribution in [-0.4, -0.2) is 17.5 Å². The van der Waals surface area contributed by atoms with Crippen LogP contribution in [0.15, 0.2) is 0 Å². The molecule has 1 saturated carbocycles. The Morgan fingerprint density at radius 3 is 2.44 bits per heavy atom. The molecule has 2 atom stereocenters. The summed E-state index contributed by atoms with van der Waals surface area (Å²) in [6, 6.07) is 0. The van der Waals surface area contributed by atoms with Gasteiger partial charge in [0, 0.05) is 5.97 Å². The van der Waals surface area contributed by atoms with Crippen LogP contribution in [0.5, 0.6) is 0 Å². The molecular weight excluding hydrogens is 219 g/mol. The quantitative estimate of drug-likeness (QED) is 0.364. The van der Waals surface area contributed by atoms with E-state index in [-0.39, 0.29) is 35.5 Å². The first-order valence-corrected chi connectivity index (χ1v) is 5.50. The second kappa shape index (κ2) is 5.07. The molecule has 2 rings (SSSR count). The molecular formula is C11H15NaO4. The molecule has 0 amide bonds. The summed E-state index contributed by atoms with van der Waals surface area (Å²) in [6.07, 6.45) is 4.30. The Morgan fingerprint density at radius 1 is 1.38 bits per heavy atom. The van der Waals surface area contributed by atoms with Crippen molar-refractivity contribution < 1.29 is 49.0 Å². The number of carboxylic acid groups (broad SMARTS) is 1. The SMILES string of the molecule is CC1C(=O)OC2(CCCCC2)C1C(=O)[O-].[Na+]. The summed E-state index contributed by atoms with van der Waals surface area (Å²) < 4.78 is 5.32. The molecule has 1 aliphatic carbocycles. The van der Waals surface area contributed by atoms with Crippen molar-refractivity contribution in [2.45, 2.75) is 44.6 Å². The minimum atomic E-state index is -1.14. The maximum absolute atomic E-state index is 11.4. The van der Waals surface area contributed by atoms with Crippen LogP contribution in [0.1, 0.15) is 39.0 Å². The van der Waals surface area contributed by atoms with Gasteiger partial charge in [-0.2, -0.15) is 0 Å². The van der Waals surface area contributed by atoms with Gasteiger partial charge in [-0.3, -0.25) is 4.79 Å². The van der Waals surface area contributed by atoms with Gasteiger partial charge in [0.25, 0.3) is 0 Å². The number of carbonyl (C=O) groups is 2. The van der Waals surface area contributed by atoms with E-state index in [1.54, 1.807) is 6.92 Å². The van der Waals surface area contributed by atoms with E-state index in [1.807, 2.05) is 0 Å². The van der Waals surface area contributed by atoms with Crippen molar-refractivity contribution >= 4 is 11.9 Å². The van der Waals surface area contributed by atoms with E-state index in [1.165, 1.54) is 0 Å². The van der Waals surface area contributed by atoms with Gasteiger partial charge in [0.05, 0.1) is 11.8 Å². The van der Waals surface area contributed by atoms with E-state index in [0.717, 1.165) is 19.3 Å². The smallest absolute Gasteiger partial charge is 0.550 e. The zero-order valence-corrected chi connectivity index (χ0v) is 11.8. The van der Waals surface area contributed by atoms with Gasteiger partial charge < -0.3 is 14.6 Å². The molecule has 84 valence electrons. The third-order valence-corrected chi connectivity index (χ3v) is 3.70. The first-order chi connectivity index (χ1) is 7.07. The first kappa shape index (κ1) is 14.0. The molecule has 1 saturated heterocycles. The predicted molar refractivity (Wildman–Crippen MR) is 49.6 cm³/mol. The molecule has 1 spiro atoms. The van der Waals surface area contributed by atoms with Gasteiger partial charge in [-0.15, -0.1) is 0 Å². The van der Waals surface area contributed by atoms with Crippen molar-refractivity contribution in [1.82, 2.24) is 0 Å². The Hall–Kier alpha value is -0.0600. The molecule has 2 fully saturated rings. The topological polar surface area (TPSA) is 66.4 Å². The average Bonchev–Trinajstić information content (AvgIpc) is 2.40. The van der Waals surface area contributed by atoms with Crippen LogP contribution in [0.25, 0.3) is 0 Å². The summed E-state index contributed by atoms with van der Waals surface area (Å²) in [5.41, 5.74) is -0.756. The molecule has 16 heavy (non-hydrogen) atoms. The van der Waals surface area contributed by atoms with Crippen LogP contribution in [0.2, 0.25) is 0 Å². The van der Waals surface area contributed by atoms with Crippen molar-refractivity contribution in [3.8, 4) is 0 Å². The minimum Gasteiger partial charge on any atom is -0.550 e. The van der Waals surface area contributed by atoms with Crippen molar-refractivity contribution in [1.29, 1.82) is 0 Å². The van der Waals surface area contributed by atoms with E-state index >= 15 is 0 Å². The molecule has 1 aliphatic heterocycles. The van der Waals surface area contributed by atoms with Gasteiger partial charge in [-0.1, -0.05) is 13.3 Å². The van der Waals surface area contributed by atoms with Crippen molar-refractivity contribution in [3.05, 3.63) is 0 Å². The molecule has 0 aromatic carbocycles. The maximum atomic E-state index is 11.4. The number of ether oxygens (including phenoxy) is 1. The first-order valence-electron chi connectivity index (χ1n) is 5.50. The maximum Gasteiger partial charge on any atom is 1.00 e. The zero-order chi connectivity index (χ0) is 11.1. The molecule has 0 bridgehead atoms. The van der Waals surface area contributed by atoms with Gasteiger partial charge in [0.1, 0.15) is 5.60 Å². The van der Waals surface area contributed by atoms with Gasteiger partial charge in [-0.25, -0.2) is 0 Å². The Labute approximate surface area is 117 Å². The van der Waals surface area contributed by atoms with Crippen LogP contribution < -0.4 is 34.7 Å². The van der Waals surface area contributed by atoms with E-state index in [0.29, 0.717) is 12.8 Å². The molecule has 0 N–H and O–H groups in total. The fourth-order valence-electron chi connectivity index (χ4n) is 2.93. The Balaban J connectivity index is 0.00000128. The molecule has 5 heteroatoms. The minimum absolute atomic E-state index is 0. The van der Waals surface area contributed by atoms with E-state index in [4.69, 9.17) is 4.74 Å². The summed E-state index contributed by atoms with van der Waals surface area (Å²) in [4.78, 5) is 22.5. The predicted octanol–water partition coefficient (Wildman–Crippen LogP) is -2.75. The summed E-state index contributed by atoms with van der Waals surface area (Å²) >= 11 is 0. The third kappa shape index (κ3) is 2.15. The number of esters is 1. The van der Waals surface area contributed by atoms with Crippen molar-refractivity contribution in [3.63, 3.8) is 0 Å². The standard InChI is InChI=1S/C11H16O4.Na/c1-7-8(9(12)13)11(15-10(7)14)5-3-2-4-6-11;/h7-8H,2-6H2,1H3,(H,12,13);/q;+1/p-1. The second-order valence-corrected chi connectivity index (χ2v) is 4.63. The number of carbonyl (C=O) groups excluding carboxylic acids is 2. The Kier molecular flexibility index (Phi) is 4.43. The molecule has 0 aromatic rings. The van der Waals surface area contributed by atoms with E-state index < -0.39 is 23.4 Å². The summed E-state index contributed by atoms with van der Waals surface area (Å²) in [5, 5.41) is 11.1. The average molecular weight is 234 g/mol. The van der Waals surface area contributed by atoms with Crippen LogP contribution >= 0.6 is 0 Å². The third-order valence-electron chi connectivity index (χ3n) is 3.70. The molecule has 4 nitrogen and oxygen atoms in total. The van der Waals surface area contributed by atoms with E-state index in [2.05, 4.69) is 0 Å². The Morgan fingerprint density at radius 2 is 1.94 bits per heavy atom. The summed E-state index contributed by atoms with van der Waals surface area (Å²) in [7, 11) is 0. The fraction of sp³-hybridized carbons (Fsp3) is 0.818. The van der Waals surface area contributed by atoms with Gasteiger partial charge in [0.2, 0.25) is 0 Å². The number of rotatable bonds is 1. The second-order valence-electron chi connectivity index (χ2n) is 4.63. The van der Waals surface area contributed by atoms with Crippen LogP contribution in [-0.2, 0) is 14.3 Å². The van der Waals surface area contributed by atoms with E-state index in [9.17, 15) is 14.7 Å². The number of aliphatic carboxylic acids is 1. The molecule has 2 unspecified atom stereocenters. The number of hydrogen-bond donors (Lipinski definition) is 0. The zero-order valence-electron chi connectivity index (χ0n) is 9.82. The van der Waals surface area contributed by atoms with Gasteiger partial charge >= 0.3 is 35.5 Å². The summed E-state index contributed by atoms with van der Waals surface area (Å²) in [5.74, 6) is -2.85.